The number of aliphatic imine (C=N–C) groups is 1. The van der Waals surface area contributed by atoms with Crippen molar-refractivity contribution in [3.8, 4) is 6.07 Å². The quantitative estimate of drug-likeness (QED) is 0.745. The van der Waals surface area contributed by atoms with E-state index < -0.39 is 31.7 Å². The SMILES string of the molecule is CC1(C)C(N)=N[C@](C)(c2cc(CC(=O)c3ccc(C#N)cn3)ccc2F)CS1(=O)=O. The highest BCUT2D eigenvalue weighted by Gasteiger charge is 2.49. The number of nitriles is 1. The van der Waals surface area contributed by atoms with Crippen LogP contribution in [0.1, 0.15) is 48.0 Å². The van der Waals surface area contributed by atoms with Crippen molar-refractivity contribution in [2.75, 3.05) is 5.75 Å². The van der Waals surface area contributed by atoms with E-state index in [0.717, 1.165) is 0 Å². The summed E-state index contributed by atoms with van der Waals surface area (Å²) in [5.41, 5.74) is 5.58. The number of aromatic nitrogens is 1. The zero-order valence-corrected chi connectivity index (χ0v) is 17.6. The minimum atomic E-state index is -3.69. The number of hydrogen-bond acceptors (Lipinski definition) is 7. The normalized spacial score (nSPS) is 22.0. The molecule has 30 heavy (non-hydrogen) atoms. The number of carbonyl (C=O) groups excluding carboxylic acids is 1. The topological polar surface area (TPSA) is 126 Å². The van der Waals surface area contributed by atoms with Gasteiger partial charge in [-0.2, -0.15) is 5.26 Å². The Bertz CT molecular complexity index is 1200. The number of pyridine rings is 1. The molecule has 3 rings (SSSR count). The maximum Gasteiger partial charge on any atom is 0.185 e. The molecule has 0 fully saturated rings. The molecule has 2 aromatic rings. The van der Waals surface area contributed by atoms with Crippen molar-refractivity contribution >= 4 is 21.5 Å². The molecule has 0 amide bonds. The fourth-order valence-electron chi connectivity index (χ4n) is 3.28. The summed E-state index contributed by atoms with van der Waals surface area (Å²) in [6, 6.07) is 8.96. The van der Waals surface area contributed by atoms with Crippen molar-refractivity contribution in [1.29, 1.82) is 5.26 Å². The lowest BCUT2D eigenvalue weighted by atomic mass is 9.90. The standard InChI is InChI=1S/C21H21FN4O3S/c1-20(2)19(24)26-21(3,12-30(20,28)29)15-8-13(4-6-16(15)22)9-18(27)17-7-5-14(10-23)11-25-17/h4-8,11H,9,12H2,1-3H3,(H2,24,26)/t21-/m0/s1. The maximum absolute atomic E-state index is 14.7. The second-order valence-corrected chi connectivity index (χ2v) is 10.5. The lowest BCUT2D eigenvalue weighted by molar-refractivity contribution is 0.0988. The van der Waals surface area contributed by atoms with Gasteiger partial charge in [-0.1, -0.05) is 6.07 Å². The van der Waals surface area contributed by atoms with Crippen molar-refractivity contribution in [2.24, 2.45) is 10.7 Å². The summed E-state index contributed by atoms with van der Waals surface area (Å²) in [4.78, 5) is 20.8. The summed E-state index contributed by atoms with van der Waals surface area (Å²) in [7, 11) is -3.69. The van der Waals surface area contributed by atoms with Gasteiger partial charge in [0.2, 0.25) is 0 Å². The van der Waals surface area contributed by atoms with E-state index in [0.29, 0.717) is 11.1 Å². The van der Waals surface area contributed by atoms with Gasteiger partial charge in [-0.05, 0) is 50.6 Å². The largest absolute Gasteiger partial charge is 0.386 e. The molecule has 1 aromatic carbocycles. The van der Waals surface area contributed by atoms with E-state index in [4.69, 9.17) is 11.0 Å². The smallest absolute Gasteiger partial charge is 0.185 e. The number of nitrogens with zero attached hydrogens (tertiary/aromatic N) is 3. The highest BCUT2D eigenvalue weighted by Crippen LogP contribution is 2.38. The number of sulfone groups is 1. The Morgan fingerprint density at radius 3 is 2.53 bits per heavy atom. The number of rotatable bonds is 4. The van der Waals surface area contributed by atoms with Crippen molar-refractivity contribution < 1.29 is 17.6 Å². The zero-order valence-electron chi connectivity index (χ0n) is 16.8. The molecule has 0 saturated heterocycles. The maximum atomic E-state index is 14.7. The van der Waals surface area contributed by atoms with Gasteiger partial charge < -0.3 is 5.73 Å². The molecule has 1 aromatic heterocycles. The Kier molecular flexibility index (Phi) is 5.24. The monoisotopic (exact) mass is 428 g/mol. The molecule has 1 aliphatic rings. The Morgan fingerprint density at radius 1 is 1.27 bits per heavy atom. The lowest BCUT2D eigenvalue weighted by Crippen LogP contribution is -2.55. The minimum absolute atomic E-state index is 0.0580. The Morgan fingerprint density at radius 2 is 1.97 bits per heavy atom. The fraction of sp³-hybridized carbons (Fsp3) is 0.333. The average Bonchev–Trinajstić information content (AvgIpc) is 2.67. The molecule has 9 heteroatoms. The molecule has 0 bridgehead atoms. The number of carbonyl (C=O) groups is 1. The number of Topliss-reactive ketones (excluding diaryl/α,β-unsaturated/α-hetero) is 1. The van der Waals surface area contributed by atoms with Crippen LogP contribution < -0.4 is 5.73 Å². The summed E-state index contributed by atoms with van der Waals surface area (Å²) in [6.45, 7) is 4.45. The van der Waals surface area contributed by atoms with Crippen molar-refractivity contribution in [2.45, 2.75) is 37.5 Å². The molecule has 1 aliphatic heterocycles. The van der Waals surface area contributed by atoms with E-state index in [1.54, 1.807) is 0 Å². The first-order chi connectivity index (χ1) is 13.9. The third-order valence-corrected chi connectivity index (χ3v) is 8.09. The van der Waals surface area contributed by atoms with Gasteiger partial charge in [-0.25, -0.2) is 12.8 Å². The van der Waals surface area contributed by atoms with E-state index in [-0.39, 0.29) is 29.3 Å². The second kappa shape index (κ2) is 7.29. The van der Waals surface area contributed by atoms with Gasteiger partial charge >= 0.3 is 0 Å². The van der Waals surface area contributed by atoms with Crippen LogP contribution in [0.15, 0.2) is 41.5 Å². The summed E-state index contributed by atoms with van der Waals surface area (Å²) in [6.07, 6.45) is 1.23. The minimum Gasteiger partial charge on any atom is -0.386 e. The van der Waals surface area contributed by atoms with Crippen LogP contribution in [-0.2, 0) is 21.8 Å². The van der Waals surface area contributed by atoms with E-state index in [2.05, 4.69) is 9.98 Å². The number of nitrogens with two attached hydrogens (primary N) is 1. The molecule has 2 heterocycles. The molecule has 2 N–H and O–H groups in total. The van der Waals surface area contributed by atoms with E-state index in [1.165, 1.54) is 57.3 Å². The van der Waals surface area contributed by atoms with Crippen LogP contribution in [0.3, 0.4) is 0 Å². The first-order valence-corrected chi connectivity index (χ1v) is 10.8. The Balaban J connectivity index is 1.97. The predicted octanol–water partition coefficient (Wildman–Crippen LogP) is 2.30. The van der Waals surface area contributed by atoms with Crippen LogP contribution in [0.25, 0.3) is 0 Å². The molecular formula is C21H21FN4O3S. The number of amidine groups is 1. The average molecular weight is 428 g/mol. The van der Waals surface area contributed by atoms with Gasteiger partial charge in [0, 0.05) is 18.2 Å². The highest BCUT2D eigenvalue weighted by molar-refractivity contribution is 7.93. The molecule has 0 unspecified atom stereocenters. The molecular weight excluding hydrogens is 407 g/mol. The van der Waals surface area contributed by atoms with Gasteiger partial charge in [0.1, 0.15) is 33.7 Å². The number of halogens is 1. The molecule has 7 nitrogen and oxygen atoms in total. The van der Waals surface area contributed by atoms with Crippen molar-refractivity contribution in [1.82, 2.24) is 4.98 Å². The summed E-state index contributed by atoms with van der Waals surface area (Å²) in [5, 5.41) is 8.82. The van der Waals surface area contributed by atoms with Crippen LogP contribution >= 0.6 is 0 Å². The van der Waals surface area contributed by atoms with Gasteiger partial charge in [0.05, 0.1) is 11.3 Å². The molecule has 1 atom stereocenters. The van der Waals surface area contributed by atoms with Gasteiger partial charge in [0.25, 0.3) is 0 Å². The summed E-state index contributed by atoms with van der Waals surface area (Å²) in [5.74, 6) is -1.43. The van der Waals surface area contributed by atoms with Gasteiger partial charge in [0.15, 0.2) is 15.6 Å². The van der Waals surface area contributed by atoms with E-state index in [1.807, 2.05) is 6.07 Å². The number of hydrogen-bond donors (Lipinski definition) is 1. The molecule has 0 aliphatic carbocycles. The summed E-state index contributed by atoms with van der Waals surface area (Å²) >= 11 is 0. The highest BCUT2D eigenvalue weighted by atomic mass is 32.2. The number of ketones is 1. The third-order valence-electron chi connectivity index (χ3n) is 5.39. The Hall–Kier alpha value is -3.12. The van der Waals surface area contributed by atoms with Crippen molar-refractivity contribution in [3.63, 3.8) is 0 Å². The Labute approximate surface area is 174 Å². The predicted molar refractivity (Wildman–Crippen MR) is 110 cm³/mol. The van der Waals surface area contributed by atoms with Gasteiger partial charge in [-0.15, -0.1) is 0 Å². The van der Waals surface area contributed by atoms with Crippen LogP contribution in [0.5, 0.6) is 0 Å². The van der Waals surface area contributed by atoms with E-state index in [9.17, 15) is 17.6 Å². The first-order valence-electron chi connectivity index (χ1n) is 9.16. The summed E-state index contributed by atoms with van der Waals surface area (Å²) < 4.78 is 38.8. The van der Waals surface area contributed by atoms with Crippen molar-refractivity contribution in [3.05, 3.63) is 64.7 Å². The fourth-order valence-corrected chi connectivity index (χ4v) is 4.96. The molecule has 0 spiro atoms. The molecule has 156 valence electrons. The molecule has 0 radical (unpaired) electrons. The van der Waals surface area contributed by atoms with E-state index >= 15 is 0 Å². The second-order valence-electron chi connectivity index (χ2n) is 8.00. The zero-order chi connectivity index (χ0) is 22.3. The third kappa shape index (κ3) is 3.71. The number of benzene rings is 1. The van der Waals surface area contributed by atoms with Crippen LogP contribution in [-0.4, -0.2) is 35.5 Å². The lowest BCUT2D eigenvalue weighted by Gasteiger charge is -2.38. The van der Waals surface area contributed by atoms with Gasteiger partial charge in [-0.3, -0.25) is 14.8 Å². The molecule has 0 saturated carbocycles. The van der Waals surface area contributed by atoms with Crippen LogP contribution in [0.2, 0.25) is 0 Å². The van der Waals surface area contributed by atoms with Crippen LogP contribution in [0.4, 0.5) is 4.39 Å². The first kappa shape index (κ1) is 21.6. The van der Waals surface area contributed by atoms with Crippen LogP contribution in [0, 0.1) is 17.1 Å².